The van der Waals surface area contributed by atoms with Crippen LogP contribution < -0.4 is 0 Å². The van der Waals surface area contributed by atoms with E-state index < -0.39 is 0 Å². The van der Waals surface area contributed by atoms with Crippen molar-refractivity contribution in [3.05, 3.63) is 0 Å². The largest absolute Gasteiger partial charge is 0.469 e. The molecule has 0 spiro atoms. The molecule has 0 radical (unpaired) electrons. The van der Waals surface area contributed by atoms with Crippen molar-refractivity contribution in [2.24, 2.45) is 11.8 Å². The lowest BCUT2D eigenvalue weighted by Gasteiger charge is -2.34. The molecule has 3 fully saturated rings. The minimum atomic E-state index is -0.362. The van der Waals surface area contributed by atoms with Crippen LogP contribution in [0.25, 0.3) is 0 Å². The van der Waals surface area contributed by atoms with E-state index in [0.29, 0.717) is 13.2 Å². The number of methoxy groups -OCH3 is 1. The number of hydrogen-bond acceptors (Lipinski definition) is 6. The summed E-state index contributed by atoms with van der Waals surface area (Å²) in [6, 6.07) is 0.0125. The quantitative estimate of drug-likeness (QED) is 0.475. The summed E-state index contributed by atoms with van der Waals surface area (Å²) < 4.78 is 10.1. The van der Waals surface area contributed by atoms with Crippen molar-refractivity contribution < 1.29 is 28.7 Å². The molecule has 2 saturated heterocycles. The Morgan fingerprint density at radius 2 is 1.64 bits per heavy atom. The van der Waals surface area contributed by atoms with Gasteiger partial charge in [-0.2, -0.15) is 0 Å². The van der Waals surface area contributed by atoms with Crippen LogP contribution in [-0.2, 0) is 28.7 Å². The van der Waals surface area contributed by atoms with Crippen LogP contribution in [0.1, 0.15) is 51.4 Å². The first-order valence-electron chi connectivity index (χ1n) is 10.3. The van der Waals surface area contributed by atoms with Crippen LogP contribution in [0.2, 0.25) is 0 Å². The fourth-order valence-corrected chi connectivity index (χ4v) is 4.62. The molecule has 2 atom stereocenters. The molecule has 2 heterocycles. The van der Waals surface area contributed by atoms with Crippen molar-refractivity contribution in [3.63, 3.8) is 0 Å². The summed E-state index contributed by atoms with van der Waals surface area (Å²) in [7, 11) is 1.33. The molecule has 0 bridgehead atoms. The number of fused-ring (bicyclic) bond motifs is 1. The standard InChI is InChI=1S/C20H30N2O6/c1-27-18(24)7-11-21(14-8-12-28-13-9-14)17(23)6-10-22-19(25)15-4-2-3-5-16(15)20(22)26/h14-16H,2-13H2,1H3/t15-,16-/m0/s1. The molecule has 0 N–H and O–H groups in total. The van der Waals surface area contributed by atoms with E-state index in [4.69, 9.17) is 9.47 Å². The summed E-state index contributed by atoms with van der Waals surface area (Å²) >= 11 is 0. The van der Waals surface area contributed by atoms with Gasteiger partial charge in [-0.25, -0.2) is 0 Å². The molecule has 1 saturated carbocycles. The first-order valence-corrected chi connectivity index (χ1v) is 10.3. The molecule has 0 unspecified atom stereocenters. The van der Waals surface area contributed by atoms with Gasteiger partial charge in [0, 0.05) is 38.8 Å². The van der Waals surface area contributed by atoms with Gasteiger partial charge in [-0.15, -0.1) is 0 Å². The minimum absolute atomic E-state index is 0.0125. The third-order valence-corrected chi connectivity index (χ3v) is 6.22. The third kappa shape index (κ3) is 4.54. The molecule has 8 heteroatoms. The highest BCUT2D eigenvalue weighted by Gasteiger charge is 2.48. The summed E-state index contributed by atoms with van der Waals surface area (Å²) in [5, 5.41) is 0. The number of carbonyl (C=O) groups is 4. The van der Waals surface area contributed by atoms with Crippen LogP contribution in [0.3, 0.4) is 0 Å². The summed E-state index contributed by atoms with van der Waals surface area (Å²) in [5.41, 5.74) is 0. The van der Waals surface area contributed by atoms with Gasteiger partial charge in [0.25, 0.3) is 0 Å². The highest BCUT2D eigenvalue weighted by molar-refractivity contribution is 6.05. The summed E-state index contributed by atoms with van der Waals surface area (Å²) in [6.45, 7) is 1.57. The van der Waals surface area contributed by atoms with Crippen molar-refractivity contribution in [2.75, 3.05) is 33.4 Å². The molecule has 3 rings (SSSR count). The zero-order valence-corrected chi connectivity index (χ0v) is 16.6. The molecule has 2 aliphatic heterocycles. The van der Waals surface area contributed by atoms with Gasteiger partial charge in [0.1, 0.15) is 0 Å². The molecular formula is C20H30N2O6. The number of esters is 1. The Balaban J connectivity index is 1.60. The number of rotatable bonds is 7. The maximum absolute atomic E-state index is 12.9. The lowest BCUT2D eigenvalue weighted by molar-refractivity contribution is -0.143. The molecule has 3 aliphatic rings. The highest BCUT2D eigenvalue weighted by Crippen LogP contribution is 2.38. The van der Waals surface area contributed by atoms with Gasteiger partial charge in [0.15, 0.2) is 0 Å². The molecule has 3 amide bonds. The molecule has 0 aromatic heterocycles. The number of hydrogen-bond donors (Lipinski definition) is 0. The van der Waals surface area contributed by atoms with Gasteiger partial charge in [-0.05, 0) is 25.7 Å². The van der Waals surface area contributed by atoms with Gasteiger partial charge in [0.05, 0.1) is 25.4 Å². The summed E-state index contributed by atoms with van der Waals surface area (Å²) in [5.74, 6) is -1.11. The third-order valence-electron chi connectivity index (χ3n) is 6.22. The van der Waals surface area contributed by atoms with E-state index in [0.717, 1.165) is 38.5 Å². The van der Waals surface area contributed by atoms with Crippen LogP contribution in [-0.4, -0.2) is 72.9 Å². The number of amides is 3. The summed E-state index contributed by atoms with van der Waals surface area (Å²) in [6.07, 6.45) is 5.17. The van der Waals surface area contributed by atoms with Gasteiger partial charge in [0.2, 0.25) is 17.7 Å². The Kier molecular flexibility index (Phi) is 7.04. The predicted octanol–water partition coefficient (Wildman–Crippen LogP) is 1.12. The van der Waals surface area contributed by atoms with Gasteiger partial charge >= 0.3 is 5.97 Å². The van der Waals surface area contributed by atoms with E-state index in [1.54, 1.807) is 4.90 Å². The molecule has 8 nitrogen and oxygen atoms in total. The Labute approximate surface area is 165 Å². The zero-order valence-electron chi connectivity index (χ0n) is 16.6. The predicted molar refractivity (Wildman–Crippen MR) is 99.0 cm³/mol. The van der Waals surface area contributed by atoms with Crippen molar-refractivity contribution >= 4 is 23.7 Å². The molecule has 0 aromatic rings. The van der Waals surface area contributed by atoms with Crippen LogP contribution >= 0.6 is 0 Å². The molecule has 0 aromatic carbocycles. The molecule has 156 valence electrons. The second-order valence-electron chi connectivity index (χ2n) is 7.83. The average Bonchev–Trinajstić information content (AvgIpc) is 2.97. The first-order chi connectivity index (χ1) is 13.5. The van der Waals surface area contributed by atoms with Crippen LogP contribution in [0.4, 0.5) is 0 Å². The number of imide groups is 1. The SMILES string of the molecule is COC(=O)CCN(C(=O)CCN1C(=O)[C@H]2CCCC[C@@H]2C1=O)C1CCOCC1. The number of nitrogens with zero attached hydrogens (tertiary/aromatic N) is 2. The lowest BCUT2D eigenvalue weighted by Crippen LogP contribution is -2.45. The fourth-order valence-electron chi connectivity index (χ4n) is 4.62. The second kappa shape index (κ2) is 9.49. The molecular weight excluding hydrogens is 364 g/mol. The Hall–Kier alpha value is -1.96. The fraction of sp³-hybridized carbons (Fsp3) is 0.800. The van der Waals surface area contributed by atoms with Gasteiger partial charge < -0.3 is 14.4 Å². The van der Waals surface area contributed by atoms with E-state index in [2.05, 4.69) is 0 Å². The Morgan fingerprint density at radius 3 is 2.21 bits per heavy atom. The minimum Gasteiger partial charge on any atom is -0.469 e. The van der Waals surface area contributed by atoms with E-state index >= 15 is 0 Å². The number of carbonyl (C=O) groups excluding carboxylic acids is 4. The molecule has 28 heavy (non-hydrogen) atoms. The molecule has 1 aliphatic carbocycles. The van der Waals surface area contributed by atoms with E-state index in [1.807, 2.05) is 0 Å². The number of ether oxygens (including phenoxy) is 2. The normalized spacial score (nSPS) is 25.5. The lowest BCUT2D eigenvalue weighted by atomic mass is 9.81. The van der Waals surface area contributed by atoms with Crippen LogP contribution in [0.5, 0.6) is 0 Å². The maximum atomic E-state index is 12.9. The Morgan fingerprint density at radius 1 is 1.04 bits per heavy atom. The van der Waals surface area contributed by atoms with Gasteiger partial charge in [-0.1, -0.05) is 12.8 Å². The van der Waals surface area contributed by atoms with Gasteiger partial charge in [-0.3, -0.25) is 24.1 Å². The monoisotopic (exact) mass is 394 g/mol. The Bertz CT molecular complexity index is 592. The number of likely N-dealkylation sites (tertiary alicyclic amines) is 1. The van der Waals surface area contributed by atoms with Crippen molar-refractivity contribution in [1.82, 2.24) is 9.80 Å². The smallest absolute Gasteiger partial charge is 0.307 e. The maximum Gasteiger partial charge on any atom is 0.307 e. The van der Waals surface area contributed by atoms with E-state index in [9.17, 15) is 19.2 Å². The van der Waals surface area contributed by atoms with Crippen molar-refractivity contribution in [1.29, 1.82) is 0 Å². The van der Waals surface area contributed by atoms with Crippen LogP contribution in [0, 0.1) is 11.8 Å². The zero-order chi connectivity index (χ0) is 20.1. The van der Waals surface area contributed by atoms with E-state index in [-0.39, 0.29) is 67.5 Å². The average molecular weight is 394 g/mol. The van der Waals surface area contributed by atoms with Crippen molar-refractivity contribution in [3.8, 4) is 0 Å². The van der Waals surface area contributed by atoms with Crippen LogP contribution in [0.15, 0.2) is 0 Å². The first kappa shape index (κ1) is 20.8. The second-order valence-corrected chi connectivity index (χ2v) is 7.83. The summed E-state index contributed by atoms with van der Waals surface area (Å²) in [4.78, 5) is 52.6. The highest BCUT2D eigenvalue weighted by atomic mass is 16.5. The topological polar surface area (TPSA) is 93.2 Å². The van der Waals surface area contributed by atoms with E-state index in [1.165, 1.54) is 12.0 Å². The van der Waals surface area contributed by atoms with Crippen molar-refractivity contribution in [2.45, 2.75) is 57.4 Å².